The fourth-order valence-electron chi connectivity index (χ4n) is 6.41. The number of fused-ring (bicyclic) bond motifs is 1. The van der Waals surface area contributed by atoms with E-state index >= 15 is 0 Å². The van der Waals surface area contributed by atoms with Crippen LogP contribution in [-0.2, 0) is 11.8 Å². The Morgan fingerprint density at radius 2 is 1.74 bits per heavy atom. The average molecular weight is 587 g/mol. The lowest BCUT2D eigenvalue weighted by atomic mass is 9.85. The molecule has 1 aliphatic heterocycles. The van der Waals surface area contributed by atoms with Crippen LogP contribution >= 0.6 is 0 Å². The topological polar surface area (TPSA) is 95.3 Å². The summed E-state index contributed by atoms with van der Waals surface area (Å²) in [4.78, 5) is 18.9. The molecule has 3 heterocycles. The number of nitrogens with zero attached hydrogens (tertiary/aromatic N) is 4. The Balaban J connectivity index is 1.27. The monoisotopic (exact) mass is 586 g/mol. The van der Waals surface area contributed by atoms with Crippen LogP contribution in [0, 0.1) is 11.8 Å². The SMILES string of the molecule is CN(CC1CCNCC1)CC1CCC(n2cc3cc(NC(=O)c4cccc(C(F)(F)F)n4)c(C(C)(C)O)cc3n2)CC1. The second kappa shape index (κ2) is 12.3. The van der Waals surface area contributed by atoms with Crippen molar-refractivity contribution in [3.63, 3.8) is 0 Å². The molecule has 1 amide bonds. The molecule has 3 aromatic rings. The Bertz CT molecular complexity index is 1390. The fourth-order valence-corrected chi connectivity index (χ4v) is 6.41. The largest absolute Gasteiger partial charge is 0.433 e. The maximum absolute atomic E-state index is 13.1. The molecule has 3 N–H and O–H groups in total. The molecule has 0 unspecified atom stereocenters. The molecule has 42 heavy (non-hydrogen) atoms. The van der Waals surface area contributed by atoms with Gasteiger partial charge < -0.3 is 20.6 Å². The van der Waals surface area contributed by atoms with Crippen molar-refractivity contribution in [1.29, 1.82) is 0 Å². The molecule has 2 aliphatic rings. The lowest BCUT2D eigenvalue weighted by Crippen LogP contribution is -2.37. The number of alkyl halides is 3. The van der Waals surface area contributed by atoms with Crippen molar-refractivity contribution in [3.05, 3.63) is 53.5 Å². The van der Waals surface area contributed by atoms with Gasteiger partial charge in [0.25, 0.3) is 5.91 Å². The van der Waals surface area contributed by atoms with Crippen LogP contribution in [0.25, 0.3) is 10.9 Å². The molecule has 0 spiro atoms. The summed E-state index contributed by atoms with van der Waals surface area (Å²) in [5.41, 5.74) is -1.43. The summed E-state index contributed by atoms with van der Waals surface area (Å²) in [6.45, 7) is 7.72. The number of halogens is 3. The van der Waals surface area contributed by atoms with Crippen molar-refractivity contribution in [2.45, 2.75) is 70.2 Å². The number of benzene rings is 1. The van der Waals surface area contributed by atoms with Crippen LogP contribution in [0.5, 0.6) is 0 Å². The highest BCUT2D eigenvalue weighted by atomic mass is 19.4. The Morgan fingerprint density at radius 1 is 1.07 bits per heavy atom. The van der Waals surface area contributed by atoms with Crippen LogP contribution in [-0.4, -0.2) is 63.9 Å². The molecule has 1 saturated carbocycles. The van der Waals surface area contributed by atoms with Crippen LogP contribution in [0.15, 0.2) is 36.5 Å². The van der Waals surface area contributed by atoms with Gasteiger partial charge >= 0.3 is 6.18 Å². The van der Waals surface area contributed by atoms with E-state index in [2.05, 4.69) is 27.6 Å². The van der Waals surface area contributed by atoms with Crippen LogP contribution in [0.3, 0.4) is 0 Å². The van der Waals surface area contributed by atoms with Gasteiger partial charge in [-0.05, 0) is 109 Å². The first kappa shape index (κ1) is 30.4. The lowest BCUT2D eigenvalue weighted by Gasteiger charge is -2.33. The van der Waals surface area contributed by atoms with E-state index in [9.17, 15) is 23.1 Å². The van der Waals surface area contributed by atoms with Crippen LogP contribution in [0.4, 0.5) is 18.9 Å². The number of pyridine rings is 1. The molecule has 0 radical (unpaired) electrons. The Morgan fingerprint density at radius 3 is 2.38 bits per heavy atom. The number of carbonyl (C=O) groups excluding carboxylic acids is 1. The first-order valence-electron chi connectivity index (χ1n) is 14.9. The molecule has 11 heteroatoms. The first-order chi connectivity index (χ1) is 19.9. The van der Waals surface area contributed by atoms with E-state index in [-0.39, 0.29) is 11.7 Å². The van der Waals surface area contributed by atoms with Gasteiger partial charge in [0.2, 0.25) is 0 Å². The Kier molecular flexibility index (Phi) is 8.91. The smallest absolute Gasteiger partial charge is 0.386 e. The van der Waals surface area contributed by atoms with E-state index in [1.165, 1.54) is 25.5 Å². The second-order valence-corrected chi connectivity index (χ2v) is 12.6. The van der Waals surface area contributed by atoms with Gasteiger partial charge in [-0.25, -0.2) is 4.98 Å². The molecule has 0 bridgehead atoms. The van der Waals surface area contributed by atoms with E-state index in [0.29, 0.717) is 22.7 Å². The molecule has 228 valence electrons. The van der Waals surface area contributed by atoms with Crippen LogP contribution < -0.4 is 10.6 Å². The molecule has 5 rings (SSSR count). The lowest BCUT2D eigenvalue weighted by molar-refractivity contribution is -0.141. The van der Waals surface area contributed by atoms with Gasteiger partial charge in [0.05, 0.1) is 17.2 Å². The normalized spacial score (nSPS) is 20.8. The average Bonchev–Trinajstić information content (AvgIpc) is 3.36. The number of anilines is 1. The molecule has 1 aliphatic carbocycles. The maximum Gasteiger partial charge on any atom is 0.433 e. The van der Waals surface area contributed by atoms with Gasteiger partial charge in [0.15, 0.2) is 0 Å². The number of aromatic nitrogens is 3. The minimum atomic E-state index is -4.66. The molecule has 8 nitrogen and oxygen atoms in total. The fraction of sp³-hybridized carbons (Fsp3) is 0.581. The van der Waals surface area contributed by atoms with Gasteiger partial charge in [-0.2, -0.15) is 18.3 Å². The zero-order chi connectivity index (χ0) is 30.1. The molecule has 2 fully saturated rings. The summed E-state index contributed by atoms with van der Waals surface area (Å²) >= 11 is 0. The van der Waals surface area contributed by atoms with E-state index in [4.69, 9.17) is 5.10 Å². The molecular weight excluding hydrogens is 545 g/mol. The molecule has 1 saturated heterocycles. The number of piperidine rings is 1. The van der Waals surface area contributed by atoms with Crippen molar-refractivity contribution in [2.75, 3.05) is 38.5 Å². The highest BCUT2D eigenvalue weighted by Crippen LogP contribution is 2.36. The van der Waals surface area contributed by atoms with Gasteiger partial charge in [-0.15, -0.1) is 0 Å². The highest BCUT2D eigenvalue weighted by Gasteiger charge is 2.33. The van der Waals surface area contributed by atoms with E-state index < -0.39 is 23.4 Å². The third kappa shape index (κ3) is 7.30. The second-order valence-electron chi connectivity index (χ2n) is 12.6. The number of aliphatic hydroxyl groups is 1. The van der Waals surface area contributed by atoms with Gasteiger partial charge in [-0.3, -0.25) is 9.48 Å². The van der Waals surface area contributed by atoms with Crippen LogP contribution in [0.2, 0.25) is 0 Å². The van der Waals surface area contributed by atoms with Crippen molar-refractivity contribution in [3.8, 4) is 0 Å². The quantitative estimate of drug-likeness (QED) is 0.319. The third-order valence-corrected chi connectivity index (χ3v) is 8.63. The summed E-state index contributed by atoms with van der Waals surface area (Å²) in [6.07, 6.45) is 4.14. The summed E-state index contributed by atoms with van der Waals surface area (Å²) in [5, 5.41) is 22.6. The van der Waals surface area contributed by atoms with Gasteiger partial charge in [-0.1, -0.05) is 6.07 Å². The van der Waals surface area contributed by atoms with Crippen LogP contribution in [0.1, 0.15) is 80.2 Å². The van der Waals surface area contributed by atoms with Crippen molar-refractivity contribution >= 4 is 22.5 Å². The van der Waals surface area contributed by atoms with Gasteiger partial charge in [0, 0.05) is 35.9 Å². The first-order valence-corrected chi connectivity index (χ1v) is 14.9. The molecular formula is C31H41F3N6O2. The van der Waals surface area contributed by atoms with E-state index in [1.807, 2.05) is 10.9 Å². The summed E-state index contributed by atoms with van der Waals surface area (Å²) < 4.78 is 41.4. The van der Waals surface area contributed by atoms with E-state index in [0.717, 1.165) is 68.8 Å². The number of carbonyl (C=O) groups is 1. The number of hydrogen-bond acceptors (Lipinski definition) is 6. The number of hydrogen-bond donors (Lipinski definition) is 3. The summed E-state index contributed by atoms with van der Waals surface area (Å²) in [5.74, 6) is 0.668. The molecule has 1 aromatic carbocycles. The molecule has 2 aromatic heterocycles. The predicted molar refractivity (Wildman–Crippen MR) is 156 cm³/mol. The van der Waals surface area contributed by atoms with Crippen molar-refractivity contribution in [2.24, 2.45) is 11.8 Å². The van der Waals surface area contributed by atoms with Crippen molar-refractivity contribution in [1.82, 2.24) is 25.0 Å². The minimum Gasteiger partial charge on any atom is -0.386 e. The zero-order valence-electron chi connectivity index (χ0n) is 24.5. The number of nitrogens with one attached hydrogen (secondary N) is 2. The number of rotatable bonds is 8. The summed E-state index contributed by atoms with van der Waals surface area (Å²) in [6, 6.07) is 6.92. The minimum absolute atomic E-state index is 0.265. The molecule has 0 atom stereocenters. The predicted octanol–water partition coefficient (Wildman–Crippen LogP) is 5.59. The summed E-state index contributed by atoms with van der Waals surface area (Å²) in [7, 11) is 2.24. The van der Waals surface area contributed by atoms with E-state index in [1.54, 1.807) is 26.0 Å². The zero-order valence-corrected chi connectivity index (χ0v) is 24.5. The number of amides is 1. The maximum atomic E-state index is 13.1. The Hall–Kier alpha value is -3.02. The standard InChI is InChI=1S/C31H41F3N6O2/c1-30(2,42)24-16-26-22(15-27(24)37-29(41)25-5-4-6-28(36-25)31(32,33)34)19-40(38-26)23-9-7-20(8-10-23)17-39(3)18-21-11-13-35-14-12-21/h4-6,15-16,19-21,23,35,42H,7-14,17-18H2,1-3H3,(H,37,41). The van der Waals surface area contributed by atoms with Gasteiger partial charge in [0.1, 0.15) is 11.4 Å². The Labute approximate surface area is 244 Å². The third-order valence-electron chi connectivity index (χ3n) is 8.63. The highest BCUT2D eigenvalue weighted by molar-refractivity contribution is 6.04. The van der Waals surface area contributed by atoms with Crippen molar-refractivity contribution < 1.29 is 23.1 Å².